The van der Waals surface area contributed by atoms with Crippen LogP contribution in [-0.4, -0.2) is 45.8 Å². The highest BCUT2D eigenvalue weighted by Crippen LogP contribution is 2.33. The first-order valence-electron chi connectivity index (χ1n) is 6.49. The van der Waals surface area contributed by atoms with Gasteiger partial charge in [-0.1, -0.05) is 0 Å². The van der Waals surface area contributed by atoms with E-state index in [1.807, 2.05) is 0 Å². The molecule has 0 radical (unpaired) electrons. The van der Waals surface area contributed by atoms with Gasteiger partial charge in [0, 0.05) is 6.04 Å². The molecule has 0 bridgehead atoms. The molecule has 1 unspecified atom stereocenters. The predicted molar refractivity (Wildman–Crippen MR) is 65.4 cm³/mol. The fraction of sp³-hybridized carbons (Fsp3) is 0.818. The Kier molecular flexibility index (Phi) is 2.98. The van der Waals surface area contributed by atoms with E-state index in [2.05, 4.69) is 25.4 Å². The zero-order valence-corrected chi connectivity index (χ0v) is 10.0. The molecule has 2 fully saturated rings. The Morgan fingerprint density at radius 2 is 2.06 bits per heavy atom. The van der Waals surface area contributed by atoms with Gasteiger partial charge in [-0.25, -0.2) is 0 Å². The smallest absolute Gasteiger partial charge is 0.239 e. The largest absolute Gasteiger partial charge is 0.367 e. The summed E-state index contributed by atoms with van der Waals surface area (Å²) in [5.74, 6) is 1.30. The lowest BCUT2D eigenvalue weighted by Crippen LogP contribution is -2.42. The molecule has 0 aromatic carbocycles. The van der Waals surface area contributed by atoms with Gasteiger partial charge in [0.05, 0.1) is 6.04 Å². The third-order valence-electron chi connectivity index (χ3n) is 3.91. The van der Waals surface area contributed by atoms with Crippen LogP contribution in [0.3, 0.4) is 0 Å². The molecule has 2 aliphatic heterocycles. The molecule has 1 atom stereocenters. The molecular weight excluding hydrogens is 216 g/mol. The highest BCUT2D eigenvalue weighted by molar-refractivity contribution is 5.15. The minimum Gasteiger partial charge on any atom is -0.367 e. The molecule has 4 N–H and O–H groups in total. The summed E-state index contributed by atoms with van der Waals surface area (Å²) >= 11 is 0. The van der Waals surface area contributed by atoms with Crippen LogP contribution in [0.5, 0.6) is 0 Å². The Morgan fingerprint density at radius 1 is 1.24 bits per heavy atom. The van der Waals surface area contributed by atoms with Gasteiger partial charge in [-0.15, -0.1) is 5.10 Å². The Labute approximate surface area is 101 Å². The quantitative estimate of drug-likeness (QED) is 0.687. The van der Waals surface area contributed by atoms with Crippen LogP contribution >= 0.6 is 0 Å². The second-order valence-corrected chi connectivity index (χ2v) is 4.96. The first kappa shape index (κ1) is 11.0. The van der Waals surface area contributed by atoms with Crippen molar-refractivity contribution in [1.82, 2.24) is 25.4 Å². The summed E-state index contributed by atoms with van der Waals surface area (Å²) in [6, 6.07) is 1.08. The molecular formula is C11H20N6. The Morgan fingerprint density at radius 3 is 2.76 bits per heavy atom. The highest BCUT2D eigenvalue weighted by Gasteiger charge is 2.34. The minimum absolute atomic E-state index is 0.358. The van der Waals surface area contributed by atoms with Crippen LogP contribution in [0.25, 0.3) is 0 Å². The van der Waals surface area contributed by atoms with E-state index in [1.54, 1.807) is 0 Å². The predicted octanol–water partition coefficient (Wildman–Crippen LogP) is 0.276. The van der Waals surface area contributed by atoms with Gasteiger partial charge in [0.25, 0.3) is 0 Å². The van der Waals surface area contributed by atoms with Gasteiger partial charge in [-0.2, -0.15) is 4.98 Å². The van der Waals surface area contributed by atoms with Crippen LogP contribution in [0, 0.1) is 0 Å². The normalized spacial score (nSPS) is 27.6. The van der Waals surface area contributed by atoms with Crippen molar-refractivity contribution in [2.24, 2.45) is 0 Å². The number of nitrogens with one attached hydrogen (secondary N) is 2. The molecule has 1 aromatic heterocycles. The van der Waals surface area contributed by atoms with Crippen molar-refractivity contribution < 1.29 is 0 Å². The second kappa shape index (κ2) is 4.62. The van der Waals surface area contributed by atoms with E-state index in [9.17, 15) is 0 Å². The van der Waals surface area contributed by atoms with Gasteiger partial charge >= 0.3 is 0 Å². The molecule has 94 valence electrons. The Bertz CT molecular complexity index is 370. The number of likely N-dealkylation sites (tertiary alicyclic amines) is 1. The fourth-order valence-electron chi connectivity index (χ4n) is 3.10. The fourth-order valence-corrected chi connectivity index (χ4v) is 3.10. The summed E-state index contributed by atoms with van der Waals surface area (Å²) in [7, 11) is 0. The first-order valence-corrected chi connectivity index (χ1v) is 6.49. The molecule has 1 aromatic rings. The van der Waals surface area contributed by atoms with E-state index in [1.165, 1.54) is 32.2 Å². The number of aromatic nitrogens is 3. The zero-order valence-electron chi connectivity index (χ0n) is 10.0. The van der Waals surface area contributed by atoms with Crippen LogP contribution in [0.4, 0.5) is 5.95 Å². The van der Waals surface area contributed by atoms with Crippen LogP contribution in [0.2, 0.25) is 0 Å². The van der Waals surface area contributed by atoms with Crippen molar-refractivity contribution in [3.8, 4) is 0 Å². The number of nitrogens with zero attached hydrogens (tertiary/aromatic N) is 3. The summed E-state index contributed by atoms with van der Waals surface area (Å²) in [4.78, 5) is 6.88. The van der Waals surface area contributed by atoms with Crippen LogP contribution in [0.15, 0.2) is 0 Å². The summed E-state index contributed by atoms with van der Waals surface area (Å²) in [5.41, 5.74) is 5.59. The zero-order chi connectivity index (χ0) is 11.7. The van der Waals surface area contributed by atoms with E-state index < -0.39 is 0 Å². The van der Waals surface area contributed by atoms with E-state index in [4.69, 9.17) is 5.73 Å². The van der Waals surface area contributed by atoms with Crippen molar-refractivity contribution in [2.75, 3.05) is 25.4 Å². The lowest BCUT2D eigenvalue weighted by atomic mass is 10.0. The average molecular weight is 236 g/mol. The van der Waals surface area contributed by atoms with Crippen molar-refractivity contribution in [2.45, 2.75) is 37.8 Å². The molecule has 3 heterocycles. The van der Waals surface area contributed by atoms with Crippen molar-refractivity contribution in [3.63, 3.8) is 0 Å². The summed E-state index contributed by atoms with van der Waals surface area (Å²) in [5, 5.41) is 10.3. The molecule has 6 nitrogen and oxygen atoms in total. The van der Waals surface area contributed by atoms with Gasteiger partial charge in [-0.3, -0.25) is 10.00 Å². The van der Waals surface area contributed by atoms with Gasteiger partial charge in [0.2, 0.25) is 5.95 Å². The van der Waals surface area contributed by atoms with Gasteiger partial charge in [0.1, 0.15) is 5.82 Å². The number of anilines is 1. The number of nitrogens with two attached hydrogens (primary N) is 1. The van der Waals surface area contributed by atoms with E-state index in [0.717, 1.165) is 18.9 Å². The minimum atomic E-state index is 0.358. The van der Waals surface area contributed by atoms with Crippen molar-refractivity contribution >= 4 is 5.95 Å². The molecule has 3 rings (SSSR count). The van der Waals surface area contributed by atoms with Gasteiger partial charge < -0.3 is 11.1 Å². The Balaban J connectivity index is 1.74. The number of hydrogen-bond acceptors (Lipinski definition) is 5. The molecule has 2 saturated heterocycles. The average Bonchev–Trinajstić information content (AvgIpc) is 2.98. The summed E-state index contributed by atoms with van der Waals surface area (Å²) in [6.45, 7) is 3.44. The standard InChI is InChI=1S/C11H20N6/c12-11-14-10(15-16-11)9-2-1-7-17(9)8-3-5-13-6-4-8/h8-9,13H,1-7H2,(H3,12,14,15,16). The van der Waals surface area contributed by atoms with Crippen LogP contribution < -0.4 is 11.1 Å². The van der Waals surface area contributed by atoms with Crippen molar-refractivity contribution in [1.29, 1.82) is 0 Å². The molecule has 0 spiro atoms. The van der Waals surface area contributed by atoms with Crippen molar-refractivity contribution in [3.05, 3.63) is 5.82 Å². The van der Waals surface area contributed by atoms with E-state index in [-0.39, 0.29) is 0 Å². The van der Waals surface area contributed by atoms with Crippen LogP contribution in [-0.2, 0) is 0 Å². The lowest BCUT2D eigenvalue weighted by molar-refractivity contribution is 0.143. The lowest BCUT2D eigenvalue weighted by Gasteiger charge is -2.34. The SMILES string of the molecule is Nc1n[nH]c(C2CCCN2C2CCNCC2)n1. The van der Waals surface area contributed by atoms with E-state index in [0.29, 0.717) is 18.0 Å². The maximum atomic E-state index is 5.59. The third-order valence-corrected chi connectivity index (χ3v) is 3.91. The number of nitrogen functional groups attached to an aromatic ring is 1. The monoisotopic (exact) mass is 236 g/mol. The maximum Gasteiger partial charge on any atom is 0.239 e. The summed E-state index contributed by atoms with van der Waals surface area (Å²) in [6.07, 6.45) is 4.88. The summed E-state index contributed by atoms with van der Waals surface area (Å²) < 4.78 is 0. The number of hydrogen-bond donors (Lipinski definition) is 3. The second-order valence-electron chi connectivity index (χ2n) is 4.96. The Hall–Kier alpha value is -1.14. The molecule has 17 heavy (non-hydrogen) atoms. The number of H-pyrrole nitrogens is 1. The number of aromatic amines is 1. The van der Waals surface area contributed by atoms with Crippen LogP contribution in [0.1, 0.15) is 37.5 Å². The molecule has 6 heteroatoms. The highest BCUT2D eigenvalue weighted by atomic mass is 15.3. The topological polar surface area (TPSA) is 82.9 Å². The number of rotatable bonds is 2. The number of piperidine rings is 1. The van der Waals surface area contributed by atoms with Gasteiger partial charge in [0.15, 0.2) is 0 Å². The van der Waals surface area contributed by atoms with Gasteiger partial charge in [-0.05, 0) is 45.3 Å². The third kappa shape index (κ3) is 2.14. The maximum absolute atomic E-state index is 5.59. The molecule has 2 aliphatic rings. The van der Waals surface area contributed by atoms with E-state index >= 15 is 0 Å². The molecule has 0 amide bonds. The first-order chi connectivity index (χ1) is 8.34. The molecule has 0 saturated carbocycles. The molecule has 0 aliphatic carbocycles.